The predicted molar refractivity (Wildman–Crippen MR) is 274 cm³/mol. The van der Waals surface area contributed by atoms with E-state index in [-0.39, 0.29) is 0 Å². The largest absolute Gasteiger partial charge is 0.286 e. The fourth-order valence-corrected chi connectivity index (χ4v) is 1.78. The Hall–Kier alpha value is -3.58. The van der Waals surface area contributed by atoms with Gasteiger partial charge in [0.1, 0.15) is 0 Å². The Bertz CT molecular complexity index is 855. The molecule has 0 fully saturated rings. The topological polar surface area (TPSA) is 72.3 Å². The summed E-state index contributed by atoms with van der Waals surface area (Å²) >= 11 is 1.60. The molecule has 0 radical (unpaired) electrons. The molecule has 0 aliphatic carbocycles. The predicted octanol–water partition coefficient (Wildman–Crippen LogP) is 18.2. The first kappa shape index (κ1) is 78.7. The monoisotopic (exact) mass is 833 g/mol. The Morgan fingerprint density at radius 2 is 0.724 bits per heavy atom. The highest BCUT2D eigenvalue weighted by molar-refractivity contribution is 7.07. The molecule has 344 valence electrons. The first-order chi connectivity index (χ1) is 27.6. The van der Waals surface area contributed by atoms with Crippen molar-refractivity contribution in [3.05, 3.63) is 121 Å². The lowest BCUT2D eigenvalue weighted by atomic mass is 10.3. The van der Waals surface area contributed by atoms with Gasteiger partial charge in [0.25, 0.3) is 0 Å². The molecule has 0 bridgehead atoms. The summed E-state index contributed by atoms with van der Waals surface area (Å²) < 4.78 is 1.75. The summed E-state index contributed by atoms with van der Waals surface area (Å²) in [5.74, 6) is 4.17. The molecule has 0 amide bonds. The standard InChI is InChI=1S/C6H6.C5H5N.C4H6N2.5C4H10.C3H4N2.C3H3NS.5C2H6/c2*1-2-4-6-5-3-1;1-6-4-2-3-5-6;5*1-4(2)3;1-2-4-5-3-1;1-2-5-3-4-1;5*1-2/h1-6H;1-5H;2-4H,1H3;5*4H,1-3H3;1-3H,(H,4,5);1-3H;5*1-2H3. The molecule has 0 spiro atoms. The van der Waals surface area contributed by atoms with Gasteiger partial charge in [-0.1, -0.05) is 216 Å². The number of hydrogen-bond acceptors (Lipinski definition) is 5. The fraction of sp³-hybridized carbons (Fsp3) is 0.608. The summed E-state index contributed by atoms with van der Waals surface area (Å²) in [4.78, 5) is 7.53. The number of aryl methyl sites for hydroxylation is 1. The molecule has 0 saturated heterocycles. The molecule has 0 aliphatic rings. The third kappa shape index (κ3) is 214. The van der Waals surface area contributed by atoms with Crippen LogP contribution in [0.4, 0.5) is 0 Å². The van der Waals surface area contributed by atoms with Crippen molar-refractivity contribution in [1.29, 1.82) is 0 Å². The number of pyridine rings is 1. The van der Waals surface area contributed by atoms with Gasteiger partial charge in [-0.25, -0.2) is 0 Å². The summed E-state index contributed by atoms with van der Waals surface area (Å²) in [5, 5.41) is 12.0. The average molecular weight is 834 g/mol. The summed E-state index contributed by atoms with van der Waals surface area (Å²) in [6.07, 6.45) is 12.4. The van der Waals surface area contributed by atoms with Crippen molar-refractivity contribution < 1.29 is 0 Å². The van der Waals surface area contributed by atoms with E-state index < -0.39 is 0 Å². The second kappa shape index (κ2) is 89.8. The van der Waals surface area contributed by atoms with Crippen LogP contribution in [0.15, 0.2) is 121 Å². The highest BCUT2D eigenvalue weighted by Gasteiger charge is 1.71. The molecule has 7 heteroatoms. The van der Waals surface area contributed by atoms with Crippen molar-refractivity contribution in [3.63, 3.8) is 0 Å². The van der Waals surface area contributed by atoms with E-state index in [1.54, 1.807) is 58.7 Å². The molecular weight excluding hydrogens is 729 g/mol. The zero-order chi connectivity index (χ0) is 47.8. The minimum absolute atomic E-state index is 0.833. The molecule has 1 N–H and O–H groups in total. The SMILES string of the molecule is CC.CC.CC.CC.CC.CC(C)C.CC(C)C.CC(C)C.CC(C)C.CC(C)C.Cn1cccn1.c1ccccc1.c1ccncc1.c1cn[nH]c1.c1cscn1. The lowest BCUT2D eigenvalue weighted by Crippen LogP contribution is -1.83. The van der Waals surface area contributed by atoms with E-state index in [0.29, 0.717) is 0 Å². The van der Waals surface area contributed by atoms with Crippen LogP contribution in [0.5, 0.6) is 0 Å². The van der Waals surface area contributed by atoms with E-state index in [9.17, 15) is 0 Å². The minimum atomic E-state index is 0.833. The van der Waals surface area contributed by atoms with Gasteiger partial charge in [-0.05, 0) is 53.9 Å². The van der Waals surface area contributed by atoms with Gasteiger partial charge >= 0.3 is 0 Å². The van der Waals surface area contributed by atoms with Crippen molar-refractivity contribution in [1.82, 2.24) is 29.9 Å². The number of hydrogen-bond donors (Lipinski definition) is 1. The quantitative estimate of drug-likeness (QED) is 0.169. The number of nitrogens with one attached hydrogen (secondary N) is 1. The normalized spacial score (nSPS) is 7.57. The zero-order valence-corrected chi connectivity index (χ0v) is 44.4. The molecule has 0 atom stereocenters. The van der Waals surface area contributed by atoms with Crippen LogP contribution in [-0.2, 0) is 7.05 Å². The number of rotatable bonds is 0. The van der Waals surface area contributed by atoms with Gasteiger partial charge in [0.15, 0.2) is 0 Å². The van der Waals surface area contributed by atoms with Crippen molar-refractivity contribution in [2.24, 2.45) is 36.6 Å². The van der Waals surface area contributed by atoms with E-state index in [1.807, 2.05) is 155 Å². The van der Waals surface area contributed by atoms with E-state index in [2.05, 4.69) is 129 Å². The highest BCUT2D eigenvalue weighted by atomic mass is 32.1. The third-order valence-electron chi connectivity index (χ3n) is 2.62. The first-order valence-corrected chi connectivity index (χ1v) is 23.0. The molecule has 0 unspecified atom stereocenters. The summed E-state index contributed by atoms with van der Waals surface area (Å²) in [5.41, 5.74) is 1.79. The first-order valence-electron chi connectivity index (χ1n) is 22.1. The van der Waals surface area contributed by atoms with Crippen molar-refractivity contribution in [2.45, 2.75) is 173 Å². The van der Waals surface area contributed by atoms with E-state index in [0.717, 1.165) is 29.6 Å². The molecule has 4 aromatic heterocycles. The van der Waals surface area contributed by atoms with Crippen LogP contribution in [0.3, 0.4) is 0 Å². The second-order valence-corrected chi connectivity index (χ2v) is 14.2. The lowest BCUT2D eigenvalue weighted by molar-refractivity contribution is 0.736. The molecule has 1 aromatic carbocycles. The summed E-state index contributed by atoms with van der Waals surface area (Å²) in [7, 11) is 1.89. The van der Waals surface area contributed by atoms with Gasteiger partial charge in [-0.15, -0.1) is 11.3 Å². The van der Waals surface area contributed by atoms with Crippen LogP contribution in [0.25, 0.3) is 0 Å². The Morgan fingerprint density at radius 3 is 0.810 bits per heavy atom. The smallest absolute Gasteiger partial charge is 0.0791 e. The molecular formula is C51H104N6S. The summed E-state index contributed by atoms with van der Waals surface area (Å²) in [6, 6.07) is 21.4. The van der Waals surface area contributed by atoms with Gasteiger partial charge < -0.3 is 0 Å². The van der Waals surface area contributed by atoms with Crippen molar-refractivity contribution in [3.8, 4) is 0 Å². The molecule has 5 rings (SSSR count). The Kier molecular flexibility index (Phi) is 122. The number of nitrogens with zero attached hydrogens (tertiary/aromatic N) is 5. The van der Waals surface area contributed by atoms with Gasteiger partial charge in [0.2, 0.25) is 0 Å². The van der Waals surface area contributed by atoms with E-state index in [4.69, 9.17) is 0 Å². The van der Waals surface area contributed by atoms with Crippen molar-refractivity contribution in [2.75, 3.05) is 0 Å². The molecule has 6 nitrogen and oxygen atoms in total. The fourth-order valence-electron chi connectivity index (χ4n) is 1.43. The Balaban J connectivity index is -0.0000000541. The van der Waals surface area contributed by atoms with Crippen LogP contribution in [0.1, 0.15) is 173 Å². The lowest BCUT2D eigenvalue weighted by Gasteiger charge is -1.79. The highest BCUT2D eigenvalue weighted by Crippen LogP contribution is 1.86. The molecule has 4 heterocycles. The van der Waals surface area contributed by atoms with E-state index >= 15 is 0 Å². The number of aromatic amines is 1. The minimum Gasteiger partial charge on any atom is -0.286 e. The van der Waals surface area contributed by atoms with Gasteiger partial charge in [0, 0.05) is 55.8 Å². The maximum Gasteiger partial charge on any atom is 0.0791 e. The summed E-state index contributed by atoms with van der Waals surface area (Å²) in [6.45, 7) is 52.5. The maximum atomic E-state index is 3.83. The van der Waals surface area contributed by atoms with Gasteiger partial charge in [-0.2, -0.15) is 10.2 Å². The number of thiazole rings is 1. The Labute approximate surface area is 370 Å². The molecule has 0 aliphatic heterocycles. The maximum absolute atomic E-state index is 3.83. The number of aromatic nitrogens is 6. The zero-order valence-electron chi connectivity index (χ0n) is 43.6. The van der Waals surface area contributed by atoms with E-state index in [1.165, 1.54) is 0 Å². The molecule has 0 saturated carbocycles. The van der Waals surface area contributed by atoms with Crippen LogP contribution in [0.2, 0.25) is 0 Å². The van der Waals surface area contributed by atoms with Gasteiger partial charge in [-0.3, -0.25) is 19.7 Å². The third-order valence-corrected chi connectivity index (χ3v) is 3.15. The number of benzene rings is 1. The van der Waals surface area contributed by atoms with Crippen LogP contribution < -0.4 is 0 Å². The van der Waals surface area contributed by atoms with Crippen LogP contribution in [0, 0.1) is 29.6 Å². The molecule has 5 aromatic rings. The Morgan fingerprint density at radius 1 is 0.397 bits per heavy atom. The van der Waals surface area contributed by atoms with Crippen LogP contribution >= 0.6 is 11.3 Å². The van der Waals surface area contributed by atoms with Crippen molar-refractivity contribution >= 4 is 11.3 Å². The number of H-pyrrole nitrogens is 1. The average Bonchev–Trinajstić information content (AvgIpc) is 4.05. The second-order valence-electron chi connectivity index (χ2n) is 13.5. The molecule has 58 heavy (non-hydrogen) atoms. The van der Waals surface area contributed by atoms with Gasteiger partial charge in [0.05, 0.1) is 5.51 Å². The van der Waals surface area contributed by atoms with Crippen LogP contribution in [-0.4, -0.2) is 29.9 Å².